The van der Waals surface area contributed by atoms with E-state index in [1.807, 2.05) is 0 Å². The van der Waals surface area contributed by atoms with Crippen LogP contribution in [0.3, 0.4) is 0 Å². The van der Waals surface area contributed by atoms with Gasteiger partial charge in [0.25, 0.3) is 11.8 Å². The molecule has 0 fully saturated rings. The van der Waals surface area contributed by atoms with Gasteiger partial charge >= 0.3 is 0 Å². The van der Waals surface area contributed by atoms with Gasteiger partial charge in [-0.2, -0.15) is 4.98 Å². The predicted molar refractivity (Wildman–Crippen MR) is 129 cm³/mol. The number of anilines is 1. The fourth-order valence-electron chi connectivity index (χ4n) is 3.13. The van der Waals surface area contributed by atoms with E-state index in [0.717, 1.165) is 0 Å². The average Bonchev–Trinajstić information content (AvgIpc) is 3.33. The van der Waals surface area contributed by atoms with E-state index in [4.69, 9.17) is 41.9 Å². The number of benzene rings is 3. The van der Waals surface area contributed by atoms with Crippen molar-refractivity contribution < 1.29 is 23.5 Å². The minimum absolute atomic E-state index is 0.238. The summed E-state index contributed by atoms with van der Waals surface area (Å²) in [6.45, 7) is -0.254. The highest BCUT2D eigenvalue weighted by Gasteiger charge is 2.17. The molecule has 1 N–H and O–H groups in total. The molecule has 0 saturated carbocycles. The van der Waals surface area contributed by atoms with Crippen LogP contribution in [-0.4, -0.2) is 36.9 Å². The molecule has 0 radical (unpaired) electrons. The highest BCUT2D eigenvalue weighted by Crippen LogP contribution is 2.33. The third kappa shape index (κ3) is 5.24. The molecule has 4 aromatic rings. The Morgan fingerprint density at radius 3 is 2.50 bits per heavy atom. The summed E-state index contributed by atoms with van der Waals surface area (Å²) in [6, 6.07) is 17.1. The van der Waals surface area contributed by atoms with Crippen LogP contribution in [0.5, 0.6) is 17.2 Å². The number of halogens is 2. The molecule has 0 aliphatic carbocycles. The Balaban J connectivity index is 1.50. The Morgan fingerprint density at radius 1 is 0.971 bits per heavy atom. The number of carbonyl (C=O) groups is 1. The van der Waals surface area contributed by atoms with Crippen molar-refractivity contribution in [1.29, 1.82) is 0 Å². The quantitative estimate of drug-likeness (QED) is 0.329. The lowest BCUT2D eigenvalue weighted by Crippen LogP contribution is -2.20. The molecule has 0 spiro atoms. The number of para-hydroxylation sites is 1. The van der Waals surface area contributed by atoms with Gasteiger partial charge in [-0.05, 0) is 48.5 Å². The molecule has 8 nitrogen and oxygen atoms in total. The molecular formula is C24H19Cl2N3O5. The summed E-state index contributed by atoms with van der Waals surface area (Å²) in [5.74, 6) is 1.69. The number of ether oxygens (including phenoxy) is 3. The van der Waals surface area contributed by atoms with Gasteiger partial charge in [0, 0.05) is 10.6 Å². The summed E-state index contributed by atoms with van der Waals surface area (Å²) < 4.78 is 21.6. The lowest BCUT2D eigenvalue weighted by molar-refractivity contribution is -0.118. The van der Waals surface area contributed by atoms with E-state index in [1.54, 1.807) is 68.8 Å². The molecule has 34 heavy (non-hydrogen) atoms. The molecule has 1 heterocycles. The van der Waals surface area contributed by atoms with Crippen molar-refractivity contribution in [2.24, 2.45) is 0 Å². The van der Waals surface area contributed by atoms with Crippen molar-refractivity contribution in [3.05, 3.63) is 70.7 Å². The van der Waals surface area contributed by atoms with Crippen LogP contribution in [0.1, 0.15) is 0 Å². The number of amides is 1. The molecule has 4 rings (SSSR count). The van der Waals surface area contributed by atoms with E-state index >= 15 is 0 Å². The maximum absolute atomic E-state index is 12.5. The lowest BCUT2D eigenvalue weighted by Gasteiger charge is -2.10. The highest BCUT2D eigenvalue weighted by atomic mass is 35.5. The number of aromatic nitrogens is 2. The van der Waals surface area contributed by atoms with Crippen LogP contribution in [0.2, 0.25) is 10.0 Å². The molecular weight excluding hydrogens is 481 g/mol. The Hall–Kier alpha value is -3.75. The first-order valence-corrected chi connectivity index (χ1v) is 10.8. The second-order valence-corrected chi connectivity index (χ2v) is 7.79. The van der Waals surface area contributed by atoms with Crippen molar-refractivity contribution in [3.63, 3.8) is 0 Å². The van der Waals surface area contributed by atoms with Gasteiger partial charge in [0.2, 0.25) is 5.82 Å². The second-order valence-electron chi connectivity index (χ2n) is 6.95. The molecule has 0 aliphatic heterocycles. The van der Waals surface area contributed by atoms with Gasteiger partial charge in [0.1, 0.15) is 5.75 Å². The van der Waals surface area contributed by atoms with Crippen LogP contribution in [0.15, 0.2) is 65.2 Å². The minimum Gasteiger partial charge on any atom is -0.493 e. The number of hydrogen-bond acceptors (Lipinski definition) is 7. The summed E-state index contributed by atoms with van der Waals surface area (Å²) in [7, 11) is 3.11. The Bertz CT molecular complexity index is 1330. The number of rotatable bonds is 8. The monoisotopic (exact) mass is 499 g/mol. The molecule has 0 atom stereocenters. The third-order valence-electron chi connectivity index (χ3n) is 4.75. The lowest BCUT2D eigenvalue weighted by atomic mass is 10.1. The Kier molecular flexibility index (Phi) is 7.20. The first kappa shape index (κ1) is 23.4. The van der Waals surface area contributed by atoms with E-state index in [0.29, 0.717) is 49.9 Å². The molecule has 10 heteroatoms. The van der Waals surface area contributed by atoms with E-state index < -0.39 is 5.91 Å². The Labute approximate surface area is 205 Å². The van der Waals surface area contributed by atoms with Crippen LogP contribution < -0.4 is 19.5 Å². The van der Waals surface area contributed by atoms with Crippen LogP contribution in [0.25, 0.3) is 22.8 Å². The SMILES string of the molecule is COc1ccc(-c2noc(-c3ccccc3NC(=O)COc3ccc(Cl)cc3Cl)n2)cc1OC. The van der Waals surface area contributed by atoms with E-state index in [9.17, 15) is 4.79 Å². The molecule has 1 aromatic heterocycles. The maximum Gasteiger partial charge on any atom is 0.262 e. The first-order valence-electron chi connectivity index (χ1n) is 10.0. The van der Waals surface area contributed by atoms with E-state index in [-0.39, 0.29) is 12.5 Å². The molecule has 0 aliphatic rings. The first-order chi connectivity index (χ1) is 16.5. The van der Waals surface area contributed by atoms with Crippen molar-refractivity contribution in [1.82, 2.24) is 10.1 Å². The summed E-state index contributed by atoms with van der Waals surface area (Å²) in [5, 5.41) is 7.65. The van der Waals surface area contributed by atoms with Crippen LogP contribution >= 0.6 is 23.2 Å². The van der Waals surface area contributed by atoms with Crippen LogP contribution in [0, 0.1) is 0 Å². The van der Waals surface area contributed by atoms with Gasteiger partial charge < -0.3 is 24.1 Å². The summed E-state index contributed by atoms with van der Waals surface area (Å²) in [4.78, 5) is 17.0. The van der Waals surface area contributed by atoms with Gasteiger partial charge in [-0.25, -0.2) is 0 Å². The van der Waals surface area contributed by atoms with E-state index in [2.05, 4.69) is 15.5 Å². The number of methoxy groups -OCH3 is 2. The number of nitrogens with one attached hydrogen (secondary N) is 1. The molecule has 174 valence electrons. The van der Waals surface area contributed by atoms with Crippen molar-refractivity contribution in [2.45, 2.75) is 0 Å². The largest absolute Gasteiger partial charge is 0.493 e. The highest BCUT2D eigenvalue weighted by molar-refractivity contribution is 6.35. The van der Waals surface area contributed by atoms with Crippen molar-refractivity contribution in [2.75, 3.05) is 26.1 Å². The molecule has 1 amide bonds. The second kappa shape index (κ2) is 10.5. The number of hydrogen-bond donors (Lipinski definition) is 1. The van der Waals surface area contributed by atoms with Gasteiger partial charge in [-0.1, -0.05) is 40.5 Å². The Morgan fingerprint density at radius 2 is 1.74 bits per heavy atom. The summed E-state index contributed by atoms with van der Waals surface area (Å²) in [6.07, 6.45) is 0. The van der Waals surface area contributed by atoms with Crippen LogP contribution in [-0.2, 0) is 4.79 Å². The van der Waals surface area contributed by atoms with Gasteiger partial charge in [-0.3, -0.25) is 4.79 Å². The summed E-state index contributed by atoms with van der Waals surface area (Å²) >= 11 is 12.0. The molecule has 0 bridgehead atoms. The molecule has 3 aromatic carbocycles. The summed E-state index contributed by atoms with van der Waals surface area (Å²) in [5.41, 5.74) is 1.72. The smallest absolute Gasteiger partial charge is 0.262 e. The van der Waals surface area contributed by atoms with Gasteiger partial charge in [-0.15, -0.1) is 0 Å². The zero-order valence-corrected chi connectivity index (χ0v) is 19.7. The number of carbonyl (C=O) groups excluding carboxylic acids is 1. The molecule has 0 saturated heterocycles. The topological polar surface area (TPSA) is 95.7 Å². The van der Waals surface area contributed by atoms with Crippen molar-refractivity contribution in [3.8, 4) is 40.1 Å². The van der Waals surface area contributed by atoms with Gasteiger partial charge in [0.15, 0.2) is 18.1 Å². The van der Waals surface area contributed by atoms with E-state index in [1.165, 1.54) is 6.07 Å². The predicted octanol–water partition coefficient (Wildman–Crippen LogP) is 5.75. The standard InChI is InChI=1S/C24H19Cl2N3O5/c1-31-20-9-7-14(11-21(20)32-2)23-28-24(34-29-23)16-5-3-4-6-18(16)27-22(30)13-33-19-10-8-15(25)12-17(19)26/h3-12H,13H2,1-2H3,(H,27,30). The fourth-order valence-corrected chi connectivity index (χ4v) is 3.59. The fraction of sp³-hybridized carbons (Fsp3) is 0.125. The normalized spacial score (nSPS) is 10.6. The average molecular weight is 500 g/mol. The molecule has 0 unspecified atom stereocenters. The number of nitrogens with zero attached hydrogens (tertiary/aromatic N) is 2. The van der Waals surface area contributed by atoms with Crippen molar-refractivity contribution >= 4 is 34.8 Å². The zero-order chi connectivity index (χ0) is 24.1. The third-order valence-corrected chi connectivity index (χ3v) is 5.28. The van der Waals surface area contributed by atoms with Crippen LogP contribution in [0.4, 0.5) is 5.69 Å². The maximum atomic E-state index is 12.5. The zero-order valence-electron chi connectivity index (χ0n) is 18.2. The minimum atomic E-state index is -0.391. The van der Waals surface area contributed by atoms with Gasteiger partial charge in [0.05, 0.1) is 30.5 Å².